The number of hydrogen-bond donors (Lipinski definition) is 3. The van der Waals surface area contributed by atoms with Gasteiger partial charge in [-0.05, 0) is 24.9 Å². The Hall–Kier alpha value is -1.63. The van der Waals surface area contributed by atoms with E-state index in [2.05, 4.69) is 4.74 Å². The molecule has 0 saturated heterocycles. The van der Waals surface area contributed by atoms with E-state index in [1.165, 1.54) is 0 Å². The molecule has 0 radical (unpaired) electrons. The second kappa shape index (κ2) is 12.1. The van der Waals surface area contributed by atoms with Gasteiger partial charge in [0.05, 0.1) is 0 Å². The van der Waals surface area contributed by atoms with Gasteiger partial charge in [0, 0.05) is 11.6 Å². The second-order valence-electron chi connectivity index (χ2n) is 4.24. The number of halogens is 1. The molecule has 0 fully saturated rings. The minimum Gasteiger partial charge on any atom is -0.480 e. The molecule has 0 heterocycles. The third-order valence-corrected chi connectivity index (χ3v) is 2.59. The van der Waals surface area contributed by atoms with E-state index in [-0.39, 0.29) is 6.61 Å². The molecular formula is C14H21ClN2O4. The fraction of sp³-hybridized carbons (Fsp3) is 0.429. The lowest BCUT2D eigenvalue weighted by molar-refractivity contribution is -0.138. The molecule has 1 aromatic rings. The maximum atomic E-state index is 10.2. The molecule has 1 aromatic carbocycles. The Morgan fingerprint density at radius 2 is 1.86 bits per heavy atom. The third kappa shape index (κ3) is 11.9. The average molecular weight is 317 g/mol. The molecule has 0 amide bonds. The summed E-state index contributed by atoms with van der Waals surface area (Å²) in [5.74, 6) is -0.933. The van der Waals surface area contributed by atoms with Crippen LogP contribution in [0.2, 0.25) is 0 Å². The van der Waals surface area contributed by atoms with Gasteiger partial charge in [0.2, 0.25) is 0 Å². The minimum atomic E-state index is -0.933. The highest BCUT2D eigenvalue weighted by Gasteiger charge is 2.09. The van der Waals surface area contributed by atoms with E-state index in [0.29, 0.717) is 13.0 Å². The molecule has 0 aliphatic carbocycles. The summed E-state index contributed by atoms with van der Waals surface area (Å²) in [7, 11) is 0. The van der Waals surface area contributed by atoms with Gasteiger partial charge in [-0.1, -0.05) is 36.8 Å². The van der Waals surface area contributed by atoms with E-state index in [9.17, 15) is 9.59 Å². The first-order chi connectivity index (χ1) is 9.97. The number of carboxylic acids is 1. The Morgan fingerprint density at radius 3 is 2.33 bits per heavy atom. The van der Waals surface area contributed by atoms with Gasteiger partial charge in [0.1, 0.15) is 12.6 Å². The number of rotatable bonds is 7. The number of ether oxygens (including phenoxy) is 1. The number of benzene rings is 1. The highest BCUT2D eigenvalue weighted by Crippen LogP contribution is 2.01. The minimum absolute atomic E-state index is 0.239. The van der Waals surface area contributed by atoms with Crippen LogP contribution in [-0.2, 0) is 16.1 Å². The number of carboxylic acid groups (broad SMARTS) is 1. The van der Waals surface area contributed by atoms with E-state index in [1.54, 1.807) is 0 Å². The van der Waals surface area contributed by atoms with Crippen molar-refractivity contribution in [2.24, 2.45) is 11.5 Å². The van der Waals surface area contributed by atoms with Gasteiger partial charge < -0.3 is 21.3 Å². The predicted octanol–water partition coefficient (Wildman–Crippen LogP) is 2.09. The van der Waals surface area contributed by atoms with Crippen LogP contribution in [0.5, 0.6) is 0 Å². The quantitative estimate of drug-likeness (QED) is 0.524. The molecule has 1 unspecified atom stereocenters. The number of unbranched alkanes of at least 4 members (excludes halogenated alkanes) is 1. The number of nitrogens with two attached hydrogens (primary N) is 2. The van der Waals surface area contributed by atoms with Crippen LogP contribution in [0.15, 0.2) is 30.3 Å². The van der Waals surface area contributed by atoms with Crippen molar-refractivity contribution in [1.29, 1.82) is 0 Å². The SMILES string of the molecule is NCCCCC(N)C(=O)O.O=C(Cl)OCc1ccccc1. The maximum Gasteiger partial charge on any atom is 0.404 e. The van der Waals surface area contributed by atoms with Crippen molar-refractivity contribution in [1.82, 2.24) is 0 Å². The topological polar surface area (TPSA) is 116 Å². The van der Waals surface area contributed by atoms with Gasteiger partial charge in [-0.25, -0.2) is 4.79 Å². The van der Waals surface area contributed by atoms with Crippen LogP contribution in [0.1, 0.15) is 24.8 Å². The third-order valence-electron chi connectivity index (χ3n) is 2.48. The van der Waals surface area contributed by atoms with Gasteiger partial charge in [-0.15, -0.1) is 0 Å². The van der Waals surface area contributed by atoms with Gasteiger partial charge >= 0.3 is 11.4 Å². The van der Waals surface area contributed by atoms with Crippen LogP contribution < -0.4 is 11.5 Å². The summed E-state index contributed by atoms with van der Waals surface area (Å²) in [5, 5.41) is 8.33. The zero-order valence-corrected chi connectivity index (χ0v) is 12.5. The summed E-state index contributed by atoms with van der Waals surface area (Å²) in [4.78, 5) is 20.3. The second-order valence-corrected chi connectivity index (χ2v) is 4.55. The standard InChI is InChI=1S/C8H7ClO2.C6H14N2O2/c9-8(10)11-6-7-4-2-1-3-5-7;7-4-2-1-3-5(8)6(9)10/h1-5H,6H2;5H,1-4,7-8H2,(H,9,10). The lowest BCUT2D eigenvalue weighted by Gasteiger charge is -2.03. The van der Waals surface area contributed by atoms with Crippen molar-refractivity contribution in [3.8, 4) is 0 Å². The number of carbonyl (C=O) groups is 2. The molecule has 0 saturated carbocycles. The van der Waals surface area contributed by atoms with Crippen molar-refractivity contribution in [3.63, 3.8) is 0 Å². The molecule has 0 bridgehead atoms. The van der Waals surface area contributed by atoms with Gasteiger partial charge in [-0.3, -0.25) is 4.79 Å². The van der Waals surface area contributed by atoms with Crippen LogP contribution >= 0.6 is 11.6 Å². The van der Waals surface area contributed by atoms with E-state index in [4.69, 9.17) is 28.2 Å². The summed E-state index contributed by atoms with van der Waals surface area (Å²) in [6, 6.07) is 8.65. The van der Waals surface area contributed by atoms with Gasteiger partial charge in [0.15, 0.2) is 0 Å². The van der Waals surface area contributed by atoms with Crippen molar-refractivity contribution >= 4 is 23.0 Å². The van der Waals surface area contributed by atoms with Crippen LogP contribution in [0.3, 0.4) is 0 Å². The molecular weight excluding hydrogens is 296 g/mol. The van der Waals surface area contributed by atoms with E-state index in [0.717, 1.165) is 18.4 Å². The smallest absolute Gasteiger partial charge is 0.404 e. The summed E-state index contributed by atoms with van der Waals surface area (Å²) in [5.41, 5.74) is 10.6. The highest BCUT2D eigenvalue weighted by molar-refractivity contribution is 6.61. The van der Waals surface area contributed by atoms with Crippen molar-refractivity contribution in [3.05, 3.63) is 35.9 Å². The van der Waals surface area contributed by atoms with Crippen molar-refractivity contribution in [2.45, 2.75) is 31.9 Å². The molecule has 1 atom stereocenters. The van der Waals surface area contributed by atoms with E-state index < -0.39 is 17.4 Å². The molecule has 7 heteroatoms. The molecule has 118 valence electrons. The number of carbonyl (C=O) groups excluding carboxylic acids is 1. The lowest BCUT2D eigenvalue weighted by Crippen LogP contribution is -2.29. The lowest BCUT2D eigenvalue weighted by atomic mass is 10.1. The largest absolute Gasteiger partial charge is 0.480 e. The zero-order valence-electron chi connectivity index (χ0n) is 11.7. The molecule has 1 rings (SSSR count). The van der Waals surface area contributed by atoms with Gasteiger partial charge in [-0.2, -0.15) is 0 Å². The number of hydrogen-bond acceptors (Lipinski definition) is 5. The van der Waals surface area contributed by atoms with Crippen molar-refractivity contribution in [2.75, 3.05) is 6.54 Å². The molecule has 0 aliphatic rings. The van der Waals surface area contributed by atoms with Crippen LogP contribution in [-0.4, -0.2) is 29.1 Å². The molecule has 5 N–H and O–H groups in total. The first-order valence-electron chi connectivity index (χ1n) is 6.52. The van der Waals surface area contributed by atoms with Crippen LogP contribution in [0, 0.1) is 0 Å². The zero-order chi connectivity index (χ0) is 16.1. The number of aliphatic carboxylic acids is 1. The Morgan fingerprint density at radius 1 is 1.24 bits per heavy atom. The predicted molar refractivity (Wildman–Crippen MR) is 81.0 cm³/mol. The molecule has 0 aromatic heterocycles. The maximum absolute atomic E-state index is 10.2. The molecule has 0 aliphatic heterocycles. The Balaban J connectivity index is 0.000000384. The van der Waals surface area contributed by atoms with E-state index >= 15 is 0 Å². The Kier molecular flexibility index (Phi) is 11.2. The van der Waals surface area contributed by atoms with Crippen LogP contribution in [0.25, 0.3) is 0 Å². The molecule has 6 nitrogen and oxygen atoms in total. The van der Waals surface area contributed by atoms with Crippen LogP contribution in [0.4, 0.5) is 4.79 Å². The van der Waals surface area contributed by atoms with Gasteiger partial charge in [0.25, 0.3) is 0 Å². The first kappa shape index (κ1) is 19.4. The molecule has 21 heavy (non-hydrogen) atoms. The first-order valence-corrected chi connectivity index (χ1v) is 6.89. The Labute approximate surface area is 129 Å². The fourth-order valence-corrected chi connectivity index (χ4v) is 1.40. The fourth-order valence-electron chi connectivity index (χ4n) is 1.35. The highest BCUT2D eigenvalue weighted by atomic mass is 35.5. The Bertz CT molecular complexity index is 415. The molecule has 0 spiro atoms. The summed E-state index contributed by atoms with van der Waals surface area (Å²) in [6.07, 6.45) is 2.16. The average Bonchev–Trinajstić information content (AvgIpc) is 2.47. The van der Waals surface area contributed by atoms with Crippen molar-refractivity contribution < 1.29 is 19.4 Å². The summed E-state index contributed by atoms with van der Waals surface area (Å²) < 4.78 is 4.55. The van der Waals surface area contributed by atoms with E-state index in [1.807, 2.05) is 30.3 Å². The normalized spacial score (nSPS) is 11.0. The summed E-state index contributed by atoms with van der Waals surface area (Å²) >= 11 is 4.97. The summed E-state index contributed by atoms with van der Waals surface area (Å²) in [6.45, 7) is 0.843. The monoisotopic (exact) mass is 316 g/mol.